The van der Waals surface area contributed by atoms with Gasteiger partial charge >= 0.3 is 13.0 Å². The van der Waals surface area contributed by atoms with E-state index in [0.29, 0.717) is 17.1 Å². The van der Waals surface area contributed by atoms with Crippen molar-refractivity contribution in [3.63, 3.8) is 0 Å². The van der Waals surface area contributed by atoms with Gasteiger partial charge in [0.1, 0.15) is 18.8 Å². The molecule has 240 valence electrons. The quantitative estimate of drug-likeness (QED) is 0.135. The van der Waals surface area contributed by atoms with Crippen molar-refractivity contribution in [3.8, 4) is 5.75 Å². The van der Waals surface area contributed by atoms with Gasteiger partial charge in [-0.25, -0.2) is 9.37 Å². The molecule has 6 atom stereocenters. The number of aliphatic hydroxyl groups excluding tert-OH is 1. The molecule has 0 saturated carbocycles. The van der Waals surface area contributed by atoms with Gasteiger partial charge in [-0.1, -0.05) is 36.4 Å². The van der Waals surface area contributed by atoms with Gasteiger partial charge in [0, 0.05) is 19.5 Å². The number of fused-ring (bicyclic) bond motifs is 2. The van der Waals surface area contributed by atoms with Crippen LogP contribution in [0.25, 0.3) is 21.9 Å². The molecule has 0 aliphatic carbocycles. The number of nitrogens with two attached hydrogens (primary N) is 1. The lowest BCUT2D eigenvalue weighted by molar-refractivity contribution is -0.158. The summed E-state index contributed by atoms with van der Waals surface area (Å²) in [4.78, 5) is 35.0. The van der Waals surface area contributed by atoms with Gasteiger partial charge in [-0.2, -0.15) is 9.97 Å². The zero-order valence-electron chi connectivity index (χ0n) is 25.7. The van der Waals surface area contributed by atoms with Crippen molar-refractivity contribution >= 4 is 58.6 Å². The average molecular weight is 661 g/mol. The molecule has 0 bridgehead atoms. The molecule has 13 nitrogen and oxygen atoms in total. The van der Waals surface area contributed by atoms with Crippen molar-refractivity contribution in [1.82, 2.24) is 24.4 Å². The van der Waals surface area contributed by atoms with Crippen LogP contribution >= 0.6 is 7.07 Å². The number of hydrogen-bond acceptors (Lipinski definition) is 12. The molecule has 1 saturated heterocycles. The van der Waals surface area contributed by atoms with E-state index in [2.05, 4.69) is 15.0 Å². The van der Waals surface area contributed by atoms with Crippen LogP contribution in [0, 0.1) is 0 Å². The van der Waals surface area contributed by atoms with Crippen LogP contribution in [-0.2, 0) is 30.6 Å². The number of rotatable bonds is 11. The molecule has 0 radical (unpaired) electrons. The number of anilines is 2. The van der Waals surface area contributed by atoms with E-state index < -0.39 is 43.2 Å². The number of aliphatic hydroxyl groups is 1. The number of benzene rings is 2. The van der Waals surface area contributed by atoms with Gasteiger partial charge in [0.2, 0.25) is 17.8 Å². The van der Waals surface area contributed by atoms with E-state index in [1.807, 2.05) is 36.4 Å². The molecular formula is C29H36FN7O6PS+. The lowest BCUT2D eigenvalue weighted by Gasteiger charge is -2.24. The van der Waals surface area contributed by atoms with Gasteiger partial charge in [0.25, 0.3) is 0 Å². The Labute approximate surface area is 265 Å². The van der Waals surface area contributed by atoms with Crippen LogP contribution in [-0.4, -0.2) is 86.2 Å². The number of carbonyl (C=O) groups is 1. The Kier molecular flexibility index (Phi) is 9.49. The van der Waals surface area contributed by atoms with E-state index in [9.17, 15) is 9.90 Å². The topological polar surface area (TPSA) is 150 Å². The van der Waals surface area contributed by atoms with Crippen LogP contribution in [0.5, 0.6) is 5.75 Å². The number of esters is 1. The molecule has 1 aliphatic rings. The molecule has 3 N–H and O–H groups in total. The molecule has 1 fully saturated rings. The molecule has 5 rings (SSSR count). The third kappa shape index (κ3) is 6.55. The number of aromatic nitrogens is 4. The Morgan fingerprint density at radius 2 is 1.93 bits per heavy atom. The Morgan fingerprint density at radius 3 is 2.64 bits per heavy atom. The fourth-order valence-electron chi connectivity index (χ4n) is 5.00. The lowest BCUT2D eigenvalue weighted by Crippen LogP contribution is -2.41. The van der Waals surface area contributed by atoms with Crippen molar-refractivity contribution in [3.05, 3.63) is 48.8 Å². The maximum absolute atomic E-state index is 16.2. The van der Waals surface area contributed by atoms with E-state index in [1.54, 1.807) is 45.8 Å². The number of hydrogen-bond donors (Lipinski definition) is 2. The summed E-state index contributed by atoms with van der Waals surface area (Å²) in [6.07, 6.45) is -3.07. The molecule has 0 spiro atoms. The second kappa shape index (κ2) is 13.0. The van der Waals surface area contributed by atoms with Gasteiger partial charge < -0.3 is 30.1 Å². The van der Waals surface area contributed by atoms with E-state index in [0.717, 1.165) is 10.8 Å². The second-order valence-electron chi connectivity index (χ2n) is 11.3. The minimum absolute atomic E-state index is 0.0277. The molecule has 3 heterocycles. The van der Waals surface area contributed by atoms with Gasteiger partial charge in [-0.3, -0.25) is 9.36 Å². The maximum Gasteiger partial charge on any atom is 0.480 e. The number of carbonyl (C=O) groups excluding carboxylic acids is 1. The number of ether oxygens (including phenoxy) is 2. The van der Waals surface area contributed by atoms with Gasteiger partial charge in [-0.05, 0) is 39.1 Å². The predicted octanol–water partition coefficient (Wildman–Crippen LogP) is 4.04. The highest BCUT2D eigenvalue weighted by Gasteiger charge is 2.56. The normalized spacial score (nSPS) is 22.7. The van der Waals surface area contributed by atoms with Crippen molar-refractivity contribution in [2.75, 3.05) is 31.3 Å². The second-order valence-corrected chi connectivity index (χ2v) is 13.4. The first-order valence-corrected chi connectivity index (χ1v) is 16.5. The fourth-order valence-corrected chi connectivity index (χ4v) is 6.62. The fraction of sp³-hybridized carbons (Fsp3) is 0.448. The number of halogens is 1. The van der Waals surface area contributed by atoms with Crippen molar-refractivity contribution < 1.29 is 33.1 Å². The third-order valence-electron chi connectivity index (χ3n) is 7.29. The standard InChI is InChI=1S/C29H36FN7O6PS/c1-16(2)41-26(39)17(3)37(43-20-13-9-11-18-10-7-8-12-19(18)20)44(45)40-14-21-23(38)29(4,30)27(42-21)36-15-32-22-24(35(5)6)33-28(31)34-25(22)36/h7-13,15-17,21,23,27,38H,14H2,1-6H3,(H2,31,33,34)/q+1/t17-,21-,23-,27-,29-/m1/s1. The molecule has 2 aromatic carbocycles. The summed E-state index contributed by atoms with van der Waals surface area (Å²) in [6.45, 7) is 5.99. The highest BCUT2D eigenvalue weighted by atomic mass is 32.4. The highest BCUT2D eigenvalue weighted by Crippen LogP contribution is 2.44. The van der Waals surface area contributed by atoms with Crippen molar-refractivity contribution in [2.45, 2.75) is 63.9 Å². The average Bonchev–Trinajstić information content (AvgIpc) is 3.50. The third-order valence-corrected chi connectivity index (χ3v) is 9.21. The largest absolute Gasteiger partial charge is 0.480 e. The van der Waals surface area contributed by atoms with Crippen LogP contribution in [0.4, 0.5) is 16.2 Å². The van der Waals surface area contributed by atoms with E-state index >= 15 is 4.39 Å². The monoisotopic (exact) mass is 660 g/mol. The first-order valence-electron chi connectivity index (χ1n) is 14.2. The van der Waals surface area contributed by atoms with Crippen molar-refractivity contribution in [2.24, 2.45) is 0 Å². The van der Waals surface area contributed by atoms with Crippen LogP contribution in [0.3, 0.4) is 0 Å². The Hall–Kier alpha value is -3.59. The maximum atomic E-state index is 16.2. The van der Waals surface area contributed by atoms with Crippen LogP contribution in [0.1, 0.15) is 33.9 Å². The lowest BCUT2D eigenvalue weighted by atomic mass is 9.98. The Bertz CT molecular complexity index is 1720. The molecule has 1 aliphatic heterocycles. The minimum atomic E-state index is -2.28. The Balaban J connectivity index is 1.38. The zero-order chi connectivity index (χ0) is 32.6. The predicted molar refractivity (Wildman–Crippen MR) is 171 cm³/mol. The number of nitrogens with zero attached hydrogens (tertiary/aromatic N) is 6. The summed E-state index contributed by atoms with van der Waals surface area (Å²) in [5, 5.41) is 12.8. The molecule has 2 aromatic heterocycles. The minimum Gasteiger partial charge on any atom is -0.462 e. The Morgan fingerprint density at radius 1 is 1.22 bits per heavy atom. The number of imidazole rings is 1. The SMILES string of the molecule is CC(C)OC(=O)[C@@H](C)N(Oc1cccc2ccccc12)[P+](=S)OC[C@H]1O[C@@H](n2cnc3c(N(C)C)nc(N)nc32)[C@](C)(F)[C@@H]1O. The molecule has 1 unspecified atom stereocenters. The smallest absolute Gasteiger partial charge is 0.462 e. The number of nitrogen functional groups attached to an aromatic ring is 1. The zero-order valence-corrected chi connectivity index (χ0v) is 27.4. The van der Waals surface area contributed by atoms with E-state index in [-0.39, 0.29) is 24.3 Å². The highest BCUT2D eigenvalue weighted by molar-refractivity contribution is 8.01. The molecule has 45 heavy (non-hydrogen) atoms. The summed E-state index contributed by atoms with van der Waals surface area (Å²) in [6, 6.07) is 12.2. The number of hydroxylamine groups is 1. The van der Waals surface area contributed by atoms with Gasteiger partial charge in [0.05, 0.1) is 17.3 Å². The van der Waals surface area contributed by atoms with Crippen LogP contribution < -0.4 is 15.5 Å². The molecular weight excluding hydrogens is 624 g/mol. The first kappa shape index (κ1) is 32.8. The molecule has 16 heteroatoms. The summed E-state index contributed by atoms with van der Waals surface area (Å²) >= 11 is 5.70. The van der Waals surface area contributed by atoms with E-state index in [1.165, 1.54) is 22.7 Å². The van der Waals surface area contributed by atoms with Gasteiger partial charge in [0.15, 0.2) is 40.7 Å². The van der Waals surface area contributed by atoms with Crippen LogP contribution in [0.15, 0.2) is 48.8 Å². The summed E-state index contributed by atoms with van der Waals surface area (Å²) in [5.74, 6) is 0.311. The van der Waals surface area contributed by atoms with Crippen LogP contribution in [0.2, 0.25) is 0 Å². The number of alkyl halides is 1. The van der Waals surface area contributed by atoms with E-state index in [4.69, 9.17) is 36.4 Å². The first-order chi connectivity index (χ1) is 21.3. The molecule has 4 aromatic rings. The summed E-state index contributed by atoms with van der Waals surface area (Å²) in [5.41, 5.74) is 4.28. The summed E-state index contributed by atoms with van der Waals surface area (Å²) < 4.78 is 35.0. The van der Waals surface area contributed by atoms with Crippen molar-refractivity contribution in [1.29, 1.82) is 0 Å². The van der Waals surface area contributed by atoms with Gasteiger partial charge in [-0.15, -0.1) is 4.52 Å². The summed E-state index contributed by atoms with van der Waals surface area (Å²) in [7, 11) is 1.47. The molecule has 0 amide bonds.